The van der Waals surface area contributed by atoms with Crippen molar-refractivity contribution in [2.24, 2.45) is 34.5 Å². The Morgan fingerprint density at radius 2 is 1.97 bits per heavy atom. The summed E-state index contributed by atoms with van der Waals surface area (Å²) in [6.45, 7) is 9.80. The van der Waals surface area contributed by atoms with Gasteiger partial charge in [0, 0.05) is 30.6 Å². The normalized spacial score (nSPS) is 39.6. The summed E-state index contributed by atoms with van der Waals surface area (Å²) in [4.78, 5) is 31.9. The molecule has 1 N–H and O–H groups in total. The van der Waals surface area contributed by atoms with E-state index in [1.165, 1.54) is 25.7 Å². The van der Waals surface area contributed by atoms with E-state index in [1.807, 2.05) is 25.1 Å². The predicted molar refractivity (Wildman–Crippen MR) is 130 cm³/mol. The van der Waals surface area contributed by atoms with Gasteiger partial charge in [0.1, 0.15) is 5.82 Å². The molecule has 1 aromatic rings. The molecule has 178 valence electrons. The summed E-state index contributed by atoms with van der Waals surface area (Å²) in [6.07, 6.45) is 13.6. The molecular formula is C28H39N3O2. The molecule has 33 heavy (non-hydrogen) atoms. The molecule has 1 aliphatic heterocycles. The van der Waals surface area contributed by atoms with Crippen LogP contribution in [0.2, 0.25) is 0 Å². The number of anilines is 1. The van der Waals surface area contributed by atoms with E-state index >= 15 is 0 Å². The minimum atomic E-state index is 0.0841. The summed E-state index contributed by atoms with van der Waals surface area (Å²) in [6, 6.07) is 4.22. The first kappa shape index (κ1) is 22.6. The average molecular weight is 450 g/mol. The first-order valence-electron chi connectivity index (χ1n) is 13.0. The average Bonchev–Trinajstić information content (AvgIpc) is 3.12. The van der Waals surface area contributed by atoms with Gasteiger partial charge in [-0.25, -0.2) is 4.98 Å². The molecule has 4 aliphatic rings. The molecule has 0 bridgehead atoms. The van der Waals surface area contributed by atoms with Crippen molar-refractivity contribution in [1.29, 1.82) is 0 Å². The fourth-order valence-electron chi connectivity index (χ4n) is 8.38. The lowest BCUT2D eigenvalue weighted by molar-refractivity contribution is -0.141. The molecule has 0 saturated heterocycles. The molecular weight excluding hydrogens is 410 g/mol. The number of nitrogens with zero attached hydrogens (tertiary/aromatic N) is 2. The zero-order valence-electron chi connectivity index (χ0n) is 20.6. The van der Waals surface area contributed by atoms with Crippen LogP contribution in [0.15, 0.2) is 30.5 Å². The van der Waals surface area contributed by atoms with E-state index in [4.69, 9.17) is 0 Å². The fraction of sp³-hybridized carbons (Fsp3) is 0.679. The van der Waals surface area contributed by atoms with E-state index in [9.17, 15) is 9.59 Å². The largest absolute Gasteiger partial charge is 0.336 e. The van der Waals surface area contributed by atoms with Crippen LogP contribution in [0.3, 0.4) is 0 Å². The zero-order chi connectivity index (χ0) is 23.4. The highest BCUT2D eigenvalue weighted by Crippen LogP contribution is 2.66. The minimum Gasteiger partial charge on any atom is -0.336 e. The molecule has 0 unspecified atom stereocenters. The molecule has 0 radical (unpaired) electrons. The number of hydrogen-bond donors (Lipinski definition) is 1. The molecule has 3 saturated carbocycles. The monoisotopic (exact) mass is 449 g/mol. The van der Waals surface area contributed by atoms with E-state index in [0.29, 0.717) is 42.0 Å². The molecule has 7 atom stereocenters. The second-order valence-corrected chi connectivity index (χ2v) is 11.6. The number of likely N-dealkylation sites (N-methyl/N-ethyl adjacent to an activating group) is 1. The number of nitrogens with one attached hydrogen (secondary N) is 1. The molecule has 0 spiro atoms. The third-order valence-corrected chi connectivity index (χ3v) is 10.1. The maximum absolute atomic E-state index is 12.9. The molecule has 0 aromatic carbocycles. The predicted octanol–water partition coefficient (Wildman–Crippen LogP) is 5.36. The van der Waals surface area contributed by atoms with Gasteiger partial charge in [-0.15, -0.1) is 0 Å². The van der Waals surface area contributed by atoms with Gasteiger partial charge in [0.05, 0.1) is 0 Å². The molecule has 3 fully saturated rings. The fourth-order valence-corrected chi connectivity index (χ4v) is 8.38. The number of rotatable bonds is 4. The van der Waals surface area contributed by atoms with E-state index in [2.05, 4.69) is 42.0 Å². The highest BCUT2D eigenvalue weighted by atomic mass is 16.2. The van der Waals surface area contributed by atoms with Crippen LogP contribution in [0.1, 0.15) is 71.3 Å². The van der Waals surface area contributed by atoms with Gasteiger partial charge in [-0.1, -0.05) is 26.0 Å². The SMILES string of the molecule is CCN1C(=O)C=C[C@]2(C)[C@H]3CC[C@]4(C)[C@@H](CC(=O)Nc5ccc(C)cn5)CC[C@H]4[C@@H]3CC[C@@H]12. The summed E-state index contributed by atoms with van der Waals surface area (Å²) in [5.41, 5.74) is 1.42. The van der Waals surface area contributed by atoms with Crippen LogP contribution in [0.5, 0.6) is 0 Å². The highest BCUT2D eigenvalue weighted by Gasteiger charge is 2.60. The molecule has 3 aliphatic carbocycles. The Bertz CT molecular complexity index is 956. The Kier molecular flexibility index (Phi) is 5.65. The van der Waals surface area contributed by atoms with Gasteiger partial charge >= 0.3 is 0 Å². The van der Waals surface area contributed by atoms with Crippen molar-refractivity contribution in [3.8, 4) is 0 Å². The van der Waals surface area contributed by atoms with Gasteiger partial charge in [0.25, 0.3) is 0 Å². The smallest absolute Gasteiger partial charge is 0.246 e. The maximum atomic E-state index is 12.9. The molecule has 1 aromatic heterocycles. The van der Waals surface area contributed by atoms with Gasteiger partial charge in [-0.05, 0) is 99.2 Å². The quantitative estimate of drug-likeness (QED) is 0.673. The van der Waals surface area contributed by atoms with Crippen LogP contribution in [-0.2, 0) is 9.59 Å². The number of pyridine rings is 1. The van der Waals surface area contributed by atoms with Crippen LogP contribution in [0.4, 0.5) is 5.82 Å². The molecule has 5 nitrogen and oxygen atoms in total. The van der Waals surface area contributed by atoms with Gasteiger partial charge in [-0.2, -0.15) is 0 Å². The minimum absolute atomic E-state index is 0.0841. The lowest BCUT2D eigenvalue weighted by Gasteiger charge is -2.60. The van der Waals surface area contributed by atoms with Gasteiger partial charge in [-0.3, -0.25) is 9.59 Å². The van der Waals surface area contributed by atoms with E-state index in [0.717, 1.165) is 24.9 Å². The number of carbonyl (C=O) groups is 2. The Labute approximate surface area is 198 Å². The molecule has 2 heterocycles. The lowest BCUT2D eigenvalue weighted by Crippen LogP contribution is -2.60. The van der Waals surface area contributed by atoms with Gasteiger partial charge < -0.3 is 10.2 Å². The Morgan fingerprint density at radius 1 is 1.15 bits per heavy atom. The summed E-state index contributed by atoms with van der Waals surface area (Å²) in [7, 11) is 0. The van der Waals surface area contributed by atoms with Gasteiger partial charge in [0.15, 0.2) is 0 Å². The van der Waals surface area contributed by atoms with Crippen molar-refractivity contribution in [2.45, 2.75) is 78.7 Å². The number of carbonyl (C=O) groups excluding carboxylic acids is 2. The van der Waals surface area contributed by atoms with Crippen LogP contribution < -0.4 is 5.32 Å². The zero-order valence-corrected chi connectivity index (χ0v) is 20.6. The Morgan fingerprint density at radius 3 is 2.70 bits per heavy atom. The number of aromatic nitrogens is 1. The van der Waals surface area contributed by atoms with Crippen LogP contribution in [0, 0.1) is 41.4 Å². The van der Waals surface area contributed by atoms with Crippen LogP contribution >= 0.6 is 0 Å². The number of amides is 2. The first-order valence-corrected chi connectivity index (χ1v) is 13.0. The molecule has 2 amide bonds. The second-order valence-electron chi connectivity index (χ2n) is 11.6. The van der Waals surface area contributed by atoms with Crippen molar-refractivity contribution in [2.75, 3.05) is 11.9 Å². The highest BCUT2D eigenvalue weighted by molar-refractivity contribution is 5.90. The van der Waals surface area contributed by atoms with Crippen LogP contribution in [-0.4, -0.2) is 34.3 Å². The van der Waals surface area contributed by atoms with Gasteiger partial charge in [0.2, 0.25) is 11.8 Å². The lowest BCUT2D eigenvalue weighted by atomic mass is 9.47. The second kappa shape index (κ2) is 8.25. The van der Waals surface area contributed by atoms with Crippen molar-refractivity contribution in [3.05, 3.63) is 36.0 Å². The summed E-state index contributed by atoms with van der Waals surface area (Å²) in [5.74, 6) is 3.41. The molecule has 5 rings (SSSR count). The summed E-state index contributed by atoms with van der Waals surface area (Å²) >= 11 is 0. The van der Waals surface area contributed by atoms with Crippen molar-refractivity contribution in [3.63, 3.8) is 0 Å². The Balaban J connectivity index is 1.31. The molecule has 5 heteroatoms. The number of aryl methyl sites for hydroxylation is 1. The third-order valence-electron chi connectivity index (χ3n) is 10.1. The van der Waals surface area contributed by atoms with Crippen molar-refractivity contribution < 1.29 is 9.59 Å². The van der Waals surface area contributed by atoms with Crippen molar-refractivity contribution >= 4 is 17.6 Å². The van der Waals surface area contributed by atoms with Crippen molar-refractivity contribution in [1.82, 2.24) is 9.88 Å². The van der Waals surface area contributed by atoms with E-state index < -0.39 is 0 Å². The number of hydrogen-bond acceptors (Lipinski definition) is 3. The summed E-state index contributed by atoms with van der Waals surface area (Å²) < 4.78 is 0. The summed E-state index contributed by atoms with van der Waals surface area (Å²) in [5, 5.41) is 3.03. The standard InChI is InChI=1S/C28H39N3O2/c1-5-31-23-10-8-20-21-9-7-19(16-25(32)30-24-11-6-18(2)17-29-24)27(21,3)14-12-22(20)28(23,4)15-13-26(31)33/h6,11,13,15,17,19-23H,5,7-10,12,14,16H2,1-4H3,(H,29,30,32)/t19-,20+,21+,22+,23-,27-,28-/m1/s1. The number of fused-ring (bicyclic) bond motifs is 5. The van der Waals surface area contributed by atoms with E-state index in [-0.39, 0.29) is 22.6 Å². The Hall–Kier alpha value is -2.17. The maximum Gasteiger partial charge on any atom is 0.246 e. The third kappa shape index (κ3) is 3.63. The first-order chi connectivity index (χ1) is 15.8. The van der Waals surface area contributed by atoms with Crippen LogP contribution in [0.25, 0.3) is 0 Å². The topological polar surface area (TPSA) is 62.3 Å². The van der Waals surface area contributed by atoms with E-state index in [1.54, 1.807) is 6.20 Å².